The summed E-state index contributed by atoms with van der Waals surface area (Å²) in [5.41, 5.74) is 3.17. The van der Waals surface area contributed by atoms with Crippen molar-refractivity contribution in [1.29, 1.82) is 0 Å². The van der Waals surface area contributed by atoms with Gasteiger partial charge in [-0.25, -0.2) is 8.78 Å². The predicted molar refractivity (Wildman–Crippen MR) is 148 cm³/mol. The second-order valence-electron chi connectivity index (χ2n) is 11.5. The average Bonchev–Trinajstić information content (AvgIpc) is 3.48. The Morgan fingerprint density at radius 1 is 0.842 bits per heavy atom. The first-order chi connectivity index (χ1) is 18.4. The van der Waals surface area contributed by atoms with Gasteiger partial charge in [-0.3, -0.25) is 4.79 Å². The predicted octanol–water partition coefficient (Wildman–Crippen LogP) is 6.75. The van der Waals surface area contributed by atoms with Crippen molar-refractivity contribution in [2.24, 2.45) is 17.8 Å². The molecule has 3 aromatic carbocycles. The molecule has 2 aliphatic rings. The fourth-order valence-electron chi connectivity index (χ4n) is 6.72. The normalized spacial score (nSPS) is 22.1. The maximum Gasteiger partial charge on any atom is 0.228 e. The van der Waals surface area contributed by atoms with Crippen LogP contribution in [0.2, 0.25) is 0 Å². The Bertz CT molecular complexity index is 1150. The standard InChI is InChI=1S/C33H38F2N2O/c1-22(2)32(25-6-4-3-5-7-25)33(38)36-31-17-12-26-20-37(21-30(26)31)19-18-29(23-8-13-27(34)14-9-23)24-10-15-28(35)16-11-24/h3-11,13-16,22,26,29-32H,12,17-21H2,1-2H3,(H,36,38)/t26-,30+,31+,32?/m1/s1. The molecule has 1 saturated carbocycles. The Morgan fingerprint density at radius 2 is 1.45 bits per heavy atom. The highest BCUT2D eigenvalue weighted by Gasteiger charge is 2.43. The topological polar surface area (TPSA) is 32.3 Å². The molecule has 4 atom stereocenters. The van der Waals surface area contributed by atoms with Gasteiger partial charge < -0.3 is 10.2 Å². The van der Waals surface area contributed by atoms with Gasteiger partial charge in [0.1, 0.15) is 11.6 Å². The third-order valence-corrected chi connectivity index (χ3v) is 8.65. The number of rotatable bonds is 9. The largest absolute Gasteiger partial charge is 0.352 e. The van der Waals surface area contributed by atoms with E-state index in [1.165, 1.54) is 24.3 Å². The molecule has 1 heterocycles. The summed E-state index contributed by atoms with van der Waals surface area (Å²) in [5, 5.41) is 3.44. The molecule has 1 unspecified atom stereocenters. The monoisotopic (exact) mass is 516 g/mol. The van der Waals surface area contributed by atoms with Gasteiger partial charge in [0.15, 0.2) is 0 Å². The minimum absolute atomic E-state index is 0.0739. The summed E-state index contributed by atoms with van der Waals surface area (Å²) in [7, 11) is 0. The zero-order chi connectivity index (χ0) is 26.6. The number of fused-ring (bicyclic) bond motifs is 1. The number of carbonyl (C=O) groups is 1. The fraction of sp³-hybridized carbons (Fsp3) is 0.424. The van der Waals surface area contributed by atoms with Gasteiger partial charge in [0.05, 0.1) is 5.92 Å². The smallest absolute Gasteiger partial charge is 0.228 e. The van der Waals surface area contributed by atoms with E-state index in [-0.39, 0.29) is 41.3 Å². The average molecular weight is 517 g/mol. The summed E-state index contributed by atoms with van der Waals surface area (Å²) >= 11 is 0. The number of nitrogens with zero attached hydrogens (tertiary/aromatic N) is 1. The van der Waals surface area contributed by atoms with Crippen molar-refractivity contribution in [2.45, 2.75) is 51.0 Å². The van der Waals surface area contributed by atoms with Crippen LogP contribution in [0, 0.1) is 29.4 Å². The van der Waals surface area contributed by atoms with E-state index in [2.05, 4.69) is 36.2 Å². The zero-order valence-corrected chi connectivity index (χ0v) is 22.3. The van der Waals surface area contributed by atoms with Gasteiger partial charge in [0, 0.05) is 25.0 Å². The zero-order valence-electron chi connectivity index (χ0n) is 22.3. The van der Waals surface area contributed by atoms with Gasteiger partial charge in [0.25, 0.3) is 0 Å². The third-order valence-electron chi connectivity index (χ3n) is 8.65. The SMILES string of the molecule is CC(C)C(C(=O)N[C@H]1CC[C@@H]2CN(CCC(c3ccc(F)cc3)c3ccc(F)cc3)C[C@@H]21)c1ccccc1. The maximum atomic E-state index is 13.6. The van der Waals surface area contributed by atoms with E-state index < -0.39 is 0 Å². The van der Waals surface area contributed by atoms with Crippen molar-refractivity contribution in [3.8, 4) is 0 Å². The van der Waals surface area contributed by atoms with Gasteiger partial charge in [-0.05, 0) is 84.5 Å². The van der Waals surface area contributed by atoms with Crippen molar-refractivity contribution in [1.82, 2.24) is 10.2 Å². The lowest BCUT2D eigenvalue weighted by molar-refractivity contribution is -0.124. The first-order valence-corrected chi connectivity index (χ1v) is 14.0. The highest BCUT2D eigenvalue weighted by atomic mass is 19.1. The first-order valence-electron chi connectivity index (χ1n) is 14.0. The molecule has 1 amide bonds. The minimum Gasteiger partial charge on any atom is -0.352 e. The maximum absolute atomic E-state index is 13.6. The lowest BCUT2D eigenvalue weighted by atomic mass is 9.87. The third kappa shape index (κ3) is 5.99. The van der Waals surface area contributed by atoms with Crippen molar-refractivity contribution in [3.05, 3.63) is 107 Å². The Hall–Kier alpha value is -3.05. The second-order valence-corrected chi connectivity index (χ2v) is 11.5. The number of hydrogen-bond donors (Lipinski definition) is 1. The number of benzene rings is 3. The van der Waals surface area contributed by atoms with Crippen LogP contribution in [0.15, 0.2) is 78.9 Å². The van der Waals surface area contributed by atoms with Crippen LogP contribution in [0.25, 0.3) is 0 Å². The van der Waals surface area contributed by atoms with Crippen molar-refractivity contribution >= 4 is 5.91 Å². The van der Waals surface area contributed by atoms with Gasteiger partial charge >= 0.3 is 0 Å². The summed E-state index contributed by atoms with van der Waals surface area (Å²) in [6, 6.07) is 23.7. The van der Waals surface area contributed by atoms with E-state index in [1.54, 1.807) is 0 Å². The van der Waals surface area contributed by atoms with Crippen molar-refractivity contribution in [2.75, 3.05) is 19.6 Å². The molecular weight excluding hydrogens is 478 g/mol. The molecule has 3 aromatic rings. The molecule has 3 nitrogen and oxygen atoms in total. The number of nitrogens with one attached hydrogen (secondary N) is 1. The molecule has 0 bridgehead atoms. The van der Waals surface area contributed by atoms with E-state index in [0.29, 0.717) is 11.8 Å². The number of hydrogen-bond acceptors (Lipinski definition) is 2. The van der Waals surface area contributed by atoms with E-state index in [4.69, 9.17) is 0 Å². The second kappa shape index (κ2) is 11.8. The molecular formula is C33H38F2N2O. The van der Waals surface area contributed by atoms with Crippen LogP contribution in [0.4, 0.5) is 8.78 Å². The van der Waals surface area contributed by atoms with Crippen LogP contribution in [0.5, 0.6) is 0 Å². The molecule has 0 aromatic heterocycles. The van der Waals surface area contributed by atoms with Crippen LogP contribution in [0.3, 0.4) is 0 Å². The quantitative estimate of drug-likeness (QED) is 0.341. The summed E-state index contributed by atoms with van der Waals surface area (Å²) in [6.45, 7) is 7.16. The fourth-order valence-corrected chi connectivity index (χ4v) is 6.72. The molecule has 2 fully saturated rings. The van der Waals surface area contributed by atoms with Crippen molar-refractivity contribution < 1.29 is 13.6 Å². The molecule has 0 radical (unpaired) electrons. The van der Waals surface area contributed by atoms with Gasteiger partial charge in [0.2, 0.25) is 5.91 Å². The molecule has 38 heavy (non-hydrogen) atoms. The van der Waals surface area contributed by atoms with Gasteiger partial charge in [-0.1, -0.05) is 68.4 Å². The number of halogens is 2. The Kier molecular flexibility index (Phi) is 8.23. The lowest BCUT2D eigenvalue weighted by Crippen LogP contribution is -2.43. The molecule has 1 aliphatic heterocycles. The molecule has 1 aliphatic carbocycles. The highest BCUT2D eigenvalue weighted by Crippen LogP contribution is 2.39. The molecule has 0 spiro atoms. The first kappa shape index (κ1) is 26.6. The summed E-state index contributed by atoms with van der Waals surface area (Å²) < 4.78 is 27.2. The molecule has 5 rings (SSSR count). The minimum atomic E-state index is -0.251. The van der Waals surface area contributed by atoms with Crippen LogP contribution in [-0.4, -0.2) is 36.5 Å². The molecule has 1 saturated heterocycles. The van der Waals surface area contributed by atoms with Gasteiger partial charge in [-0.2, -0.15) is 0 Å². The Balaban J connectivity index is 1.23. The van der Waals surface area contributed by atoms with Crippen molar-refractivity contribution in [3.63, 3.8) is 0 Å². The van der Waals surface area contributed by atoms with Gasteiger partial charge in [-0.15, -0.1) is 0 Å². The number of likely N-dealkylation sites (tertiary alicyclic amines) is 1. The van der Waals surface area contributed by atoms with Crippen LogP contribution in [0.1, 0.15) is 61.6 Å². The lowest BCUT2D eigenvalue weighted by Gasteiger charge is -2.27. The van der Waals surface area contributed by atoms with E-state index >= 15 is 0 Å². The summed E-state index contributed by atoms with van der Waals surface area (Å²) in [4.78, 5) is 15.9. The summed E-state index contributed by atoms with van der Waals surface area (Å²) in [5.74, 6) is 0.873. The van der Waals surface area contributed by atoms with Crippen LogP contribution < -0.4 is 5.32 Å². The molecule has 1 N–H and O–H groups in total. The summed E-state index contributed by atoms with van der Waals surface area (Å²) in [6.07, 6.45) is 3.06. The van der Waals surface area contributed by atoms with Crippen LogP contribution >= 0.6 is 0 Å². The van der Waals surface area contributed by atoms with Crippen LogP contribution in [-0.2, 0) is 4.79 Å². The van der Waals surface area contributed by atoms with E-state index in [1.807, 2.05) is 42.5 Å². The van der Waals surface area contributed by atoms with E-state index in [0.717, 1.165) is 55.6 Å². The molecule has 200 valence electrons. The van der Waals surface area contributed by atoms with E-state index in [9.17, 15) is 13.6 Å². The number of carbonyl (C=O) groups excluding carboxylic acids is 1. The molecule has 5 heteroatoms. The highest BCUT2D eigenvalue weighted by molar-refractivity contribution is 5.84. The Morgan fingerprint density at radius 3 is 2.03 bits per heavy atom. The number of amides is 1. The Labute approximate surface area is 225 Å².